The number of nitrogens with one attached hydrogen (secondary N) is 1. The lowest BCUT2D eigenvalue weighted by Gasteiger charge is -2.11. The second kappa shape index (κ2) is 6.45. The molecule has 122 valence electrons. The standard InChI is InChI=1S/C16H17N7O/c1-10-11(2)20-16(12-4-3-5-18-6-12)22-15(10)21-13-7-19-23(8-13)9-14(17)24/h3-8H,9H2,1-2H3,(H2,17,24)(H,20,21,22). The van der Waals surface area contributed by atoms with Crippen molar-refractivity contribution in [3.8, 4) is 11.4 Å². The first-order chi connectivity index (χ1) is 11.5. The van der Waals surface area contributed by atoms with E-state index >= 15 is 0 Å². The van der Waals surface area contributed by atoms with E-state index in [2.05, 4.69) is 25.4 Å². The van der Waals surface area contributed by atoms with Gasteiger partial charge < -0.3 is 11.1 Å². The smallest absolute Gasteiger partial charge is 0.239 e. The predicted octanol–water partition coefficient (Wildman–Crippen LogP) is 1.58. The molecule has 3 N–H and O–H groups in total. The number of amides is 1. The maximum atomic E-state index is 11.0. The molecule has 3 rings (SSSR count). The van der Waals surface area contributed by atoms with Crippen LogP contribution in [0.5, 0.6) is 0 Å². The first-order valence-corrected chi connectivity index (χ1v) is 7.36. The Morgan fingerprint density at radius 3 is 2.83 bits per heavy atom. The van der Waals surface area contributed by atoms with Gasteiger partial charge in [0.25, 0.3) is 0 Å². The van der Waals surface area contributed by atoms with Crippen molar-refractivity contribution in [2.24, 2.45) is 5.73 Å². The number of nitrogens with zero attached hydrogens (tertiary/aromatic N) is 5. The molecule has 0 spiro atoms. The monoisotopic (exact) mass is 323 g/mol. The largest absolute Gasteiger partial charge is 0.368 e. The van der Waals surface area contributed by atoms with Gasteiger partial charge in [-0.3, -0.25) is 14.5 Å². The van der Waals surface area contributed by atoms with Crippen LogP contribution in [0.4, 0.5) is 11.5 Å². The summed E-state index contributed by atoms with van der Waals surface area (Å²) in [6.07, 6.45) is 6.74. The van der Waals surface area contributed by atoms with Crippen molar-refractivity contribution in [2.45, 2.75) is 20.4 Å². The highest BCUT2D eigenvalue weighted by atomic mass is 16.1. The first-order valence-electron chi connectivity index (χ1n) is 7.36. The maximum Gasteiger partial charge on any atom is 0.239 e. The van der Waals surface area contributed by atoms with E-state index in [1.165, 1.54) is 4.68 Å². The van der Waals surface area contributed by atoms with Gasteiger partial charge in [-0.1, -0.05) is 0 Å². The summed E-state index contributed by atoms with van der Waals surface area (Å²) in [4.78, 5) is 24.1. The zero-order chi connectivity index (χ0) is 17.1. The summed E-state index contributed by atoms with van der Waals surface area (Å²) in [7, 11) is 0. The number of pyridine rings is 1. The van der Waals surface area contributed by atoms with Crippen LogP contribution in [0, 0.1) is 13.8 Å². The van der Waals surface area contributed by atoms with Crippen LogP contribution >= 0.6 is 0 Å². The third kappa shape index (κ3) is 3.37. The Kier molecular flexibility index (Phi) is 4.19. The molecule has 0 unspecified atom stereocenters. The molecule has 1 amide bonds. The van der Waals surface area contributed by atoms with Crippen LogP contribution in [0.3, 0.4) is 0 Å². The van der Waals surface area contributed by atoms with Gasteiger partial charge in [0.15, 0.2) is 5.82 Å². The van der Waals surface area contributed by atoms with Gasteiger partial charge in [0.05, 0.1) is 11.9 Å². The van der Waals surface area contributed by atoms with Gasteiger partial charge in [-0.05, 0) is 26.0 Å². The first kappa shape index (κ1) is 15.6. The van der Waals surface area contributed by atoms with Gasteiger partial charge in [0.2, 0.25) is 5.91 Å². The van der Waals surface area contributed by atoms with E-state index in [1.54, 1.807) is 24.8 Å². The van der Waals surface area contributed by atoms with Gasteiger partial charge in [0.1, 0.15) is 12.4 Å². The van der Waals surface area contributed by atoms with E-state index < -0.39 is 5.91 Å². The van der Waals surface area contributed by atoms with Crippen molar-refractivity contribution in [1.29, 1.82) is 0 Å². The van der Waals surface area contributed by atoms with Crippen molar-refractivity contribution in [3.05, 3.63) is 48.2 Å². The molecule has 0 aliphatic rings. The Morgan fingerprint density at radius 2 is 2.12 bits per heavy atom. The number of hydrogen-bond donors (Lipinski definition) is 2. The molecule has 0 radical (unpaired) electrons. The van der Waals surface area contributed by atoms with Gasteiger partial charge >= 0.3 is 0 Å². The number of rotatable bonds is 5. The minimum absolute atomic E-state index is 0.0321. The molecular weight excluding hydrogens is 306 g/mol. The van der Waals surface area contributed by atoms with Crippen LogP contribution in [-0.2, 0) is 11.3 Å². The molecular formula is C16H17N7O. The molecule has 0 atom stereocenters. The van der Waals surface area contributed by atoms with E-state index in [9.17, 15) is 4.79 Å². The van der Waals surface area contributed by atoms with Crippen molar-refractivity contribution in [3.63, 3.8) is 0 Å². The van der Waals surface area contributed by atoms with Crippen LogP contribution in [-0.4, -0.2) is 30.6 Å². The number of hydrogen-bond acceptors (Lipinski definition) is 6. The molecule has 0 bridgehead atoms. The molecule has 0 aliphatic heterocycles. The van der Waals surface area contributed by atoms with Crippen molar-refractivity contribution in [1.82, 2.24) is 24.7 Å². The average Bonchev–Trinajstić information content (AvgIpc) is 2.98. The molecule has 3 aromatic heterocycles. The highest BCUT2D eigenvalue weighted by Crippen LogP contribution is 2.23. The van der Waals surface area contributed by atoms with E-state index in [1.807, 2.05) is 26.0 Å². The van der Waals surface area contributed by atoms with Gasteiger partial charge in [-0.2, -0.15) is 5.10 Å². The second-order valence-electron chi connectivity index (χ2n) is 5.37. The van der Waals surface area contributed by atoms with E-state index in [4.69, 9.17) is 5.73 Å². The topological polar surface area (TPSA) is 112 Å². The van der Waals surface area contributed by atoms with Gasteiger partial charge in [0, 0.05) is 35.4 Å². The summed E-state index contributed by atoms with van der Waals surface area (Å²) in [6, 6.07) is 3.75. The fourth-order valence-electron chi connectivity index (χ4n) is 2.19. The Morgan fingerprint density at radius 1 is 1.29 bits per heavy atom. The third-order valence-electron chi connectivity index (χ3n) is 3.52. The molecule has 0 aromatic carbocycles. The van der Waals surface area contributed by atoms with Crippen LogP contribution in [0.2, 0.25) is 0 Å². The van der Waals surface area contributed by atoms with Crippen LogP contribution in [0.1, 0.15) is 11.3 Å². The Hall–Kier alpha value is -3.29. The quantitative estimate of drug-likeness (QED) is 0.737. The predicted molar refractivity (Wildman–Crippen MR) is 89.4 cm³/mol. The zero-order valence-electron chi connectivity index (χ0n) is 13.4. The summed E-state index contributed by atoms with van der Waals surface area (Å²) in [6.45, 7) is 3.90. The average molecular weight is 323 g/mol. The van der Waals surface area contributed by atoms with Crippen LogP contribution in [0.15, 0.2) is 36.9 Å². The summed E-state index contributed by atoms with van der Waals surface area (Å²) in [5, 5.41) is 7.29. The van der Waals surface area contributed by atoms with E-state index in [0.29, 0.717) is 11.6 Å². The molecule has 8 nitrogen and oxygen atoms in total. The number of carbonyl (C=O) groups excluding carboxylic acids is 1. The summed E-state index contributed by atoms with van der Waals surface area (Å²) < 4.78 is 1.47. The van der Waals surface area contributed by atoms with Crippen molar-refractivity contribution in [2.75, 3.05) is 5.32 Å². The minimum atomic E-state index is -0.447. The third-order valence-corrected chi connectivity index (χ3v) is 3.52. The number of carbonyl (C=O) groups is 1. The van der Waals surface area contributed by atoms with Crippen molar-refractivity contribution < 1.29 is 4.79 Å². The minimum Gasteiger partial charge on any atom is -0.368 e. The number of aromatic nitrogens is 5. The maximum absolute atomic E-state index is 11.0. The number of nitrogens with two attached hydrogens (primary N) is 1. The Bertz CT molecular complexity index is 873. The Balaban J connectivity index is 1.91. The molecule has 24 heavy (non-hydrogen) atoms. The van der Waals surface area contributed by atoms with Gasteiger partial charge in [-0.25, -0.2) is 9.97 Å². The number of aryl methyl sites for hydroxylation is 1. The van der Waals surface area contributed by atoms with E-state index in [-0.39, 0.29) is 6.54 Å². The molecule has 0 saturated heterocycles. The number of anilines is 2. The highest BCUT2D eigenvalue weighted by molar-refractivity contribution is 5.73. The second-order valence-corrected chi connectivity index (χ2v) is 5.37. The molecule has 3 heterocycles. The fraction of sp³-hybridized carbons (Fsp3) is 0.188. The normalized spacial score (nSPS) is 10.6. The number of primary amides is 1. The van der Waals surface area contributed by atoms with Crippen LogP contribution < -0.4 is 11.1 Å². The van der Waals surface area contributed by atoms with Crippen LogP contribution in [0.25, 0.3) is 11.4 Å². The lowest BCUT2D eigenvalue weighted by molar-refractivity contribution is -0.118. The summed E-state index contributed by atoms with van der Waals surface area (Å²) in [5.74, 6) is 0.829. The highest BCUT2D eigenvalue weighted by Gasteiger charge is 2.11. The molecule has 0 aliphatic carbocycles. The van der Waals surface area contributed by atoms with E-state index in [0.717, 1.165) is 22.5 Å². The fourth-order valence-corrected chi connectivity index (χ4v) is 2.19. The summed E-state index contributed by atoms with van der Waals surface area (Å²) in [5.41, 5.74) is 8.53. The van der Waals surface area contributed by atoms with Crippen molar-refractivity contribution >= 4 is 17.4 Å². The van der Waals surface area contributed by atoms with Gasteiger partial charge in [-0.15, -0.1) is 0 Å². The summed E-state index contributed by atoms with van der Waals surface area (Å²) >= 11 is 0. The Labute approximate surface area is 138 Å². The zero-order valence-corrected chi connectivity index (χ0v) is 13.4. The lowest BCUT2D eigenvalue weighted by atomic mass is 10.2. The molecule has 0 fully saturated rings. The molecule has 0 saturated carbocycles. The molecule has 8 heteroatoms. The SMILES string of the molecule is Cc1nc(-c2cccnc2)nc(Nc2cnn(CC(N)=O)c2)c1C. The lowest BCUT2D eigenvalue weighted by Crippen LogP contribution is -2.18. The molecule has 3 aromatic rings.